The lowest BCUT2D eigenvalue weighted by Crippen LogP contribution is -2.46. The summed E-state index contributed by atoms with van der Waals surface area (Å²) in [5.41, 5.74) is -1.52. The second-order valence-corrected chi connectivity index (χ2v) is 11.8. The predicted octanol–water partition coefficient (Wildman–Crippen LogP) is 3.04. The molecule has 4 rings (SSSR count). The van der Waals surface area contributed by atoms with Crippen molar-refractivity contribution >= 4 is 43.4 Å². The summed E-state index contributed by atoms with van der Waals surface area (Å²) in [5.74, 6) is -1.22. The number of sulfonamides is 2. The number of nitrogens with one attached hydrogen (secondary N) is 2. The highest BCUT2D eigenvalue weighted by molar-refractivity contribution is 7.92. The third-order valence-electron chi connectivity index (χ3n) is 5.47. The zero-order valence-electron chi connectivity index (χ0n) is 20.0. The van der Waals surface area contributed by atoms with Gasteiger partial charge in [0.25, 0.3) is 20.0 Å². The van der Waals surface area contributed by atoms with Crippen LogP contribution in [0.1, 0.15) is 12.0 Å². The molecule has 40 heavy (non-hydrogen) atoms. The van der Waals surface area contributed by atoms with Gasteiger partial charge in [-0.05, 0) is 48.5 Å². The van der Waals surface area contributed by atoms with Gasteiger partial charge >= 0.3 is 12.3 Å². The highest BCUT2D eigenvalue weighted by Gasteiger charge is 2.38. The van der Waals surface area contributed by atoms with E-state index in [1.54, 1.807) is 4.72 Å². The first-order valence-corrected chi connectivity index (χ1v) is 14.1. The predicted molar refractivity (Wildman–Crippen MR) is 133 cm³/mol. The second-order valence-electron chi connectivity index (χ2n) is 8.32. The number of pyridine rings is 1. The van der Waals surface area contributed by atoms with Crippen LogP contribution in [0.25, 0.3) is 0 Å². The molecule has 0 bridgehead atoms. The molecule has 0 aliphatic carbocycles. The van der Waals surface area contributed by atoms with Gasteiger partial charge in [0.1, 0.15) is 11.9 Å². The lowest BCUT2D eigenvalue weighted by atomic mass is 10.1. The van der Waals surface area contributed by atoms with Crippen LogP contribution in [0, 0.1) is 0 Å². The normalized spacial score (nSPS) is 15.5. The van der Waals surface area contributed by atoms with E-state index in [1.807, 2.05) is 5.32 Å². The van der Waals surface area contributed by atoms with Crippen molar-refractivity contribution < 1.29 is 49.4 Å². The molecule has 3 aromatic rings. The van der Waals surface area contributed by atoms with E-state index in [9.17, 15) is 39.6 Å². The Morgan fingerprint density at radius 3 is 2.45 bits per heavy atom. The Hall–Kier alpha value is -4.38. The summed E-state index contributed by atoms with van der Waals surface area (Å²) < 4.78 is 100. The van der Waals surface area contributed by atoms with Crippen LogP contribution in [0.2, 0.25) is 0 Å². The number of carbonyl (C=O) groups is 2. The average Bonchev–Trinajstić information content (AvgIpc) is 2.88. The minimum Gasteiger partial charge on any atom is -0.486 e. The van der Waals surface area contributed by atoms with E-state index in [4.69, 9.17) is 9.84 Å². The van der Waals surface area contributed by atoms with Gasteiger partial charge in [0.2, 0.25) is 5.91 Å². The molecule has 1 aliphatic rings. The van der Waals surface area contributed by atoms with Gasteiger partial charge in [0.05, 0.1) is 29.1 Å². The molecule has 0 radical (unpaired) electrons. The molecule has 12 nitrogen and oxygen atoms in total. The number of fused-ring (bicyclic) bond motifs is 1. The number of hydrogen-bond donors (Lipinski definition) is 3. The van der Waals surface area contributed by atoms with Crippen LogP contribution in [0.5, 0.6) is 5.75 Å². The maximum Gasteiger partial charge on any atom is 0.416 e. The van der Waals surface area contributed by atoms with Crippen molar-refractivity contribution in [2.45, 2.75) is 28.6 Å². The number of alkyl halides is 3. The van der Waals surface area contributed by atoms with Crippen LogP contribution in [0.15, 0.2) is 76.8 Å². The zero-order valence-corrected chi connectivity index (χ0v) is 21.6. The Balaban J connectivity index is 1.68. The zero-order chi connectivity index (χ0) is 29.3. The summed E-state index contributed by atoms with van der Waals surface area (Å²) in [7, 11) is -9.09. The van der Waals surface area contributed by atoms with Gasteiger partial charge in [-0.1, -0.05) is 12.1 Å². The van der Waals surface area contributed by atoms with Gasteiger partial charge in [-0.2, -0.15) is 21.6 Å². The fourth-order valence-corrected chi connectivity index (χ4v) is 6.25. The number of benzene rings is 2. The number of ether oxygens (including phenoxy) is 1. The van der Waals surface area contributed by atoms with E-state index in [1.165, 1.54) is 30.5 Å². The van der Waals surface area contributed by atoms with E-state index in [2.05, 4.69) is 4.98 Å². The van der Waals surface area contributed by atoms with Crippen LogP contribution in [0.4, 0.5) is 29.3 Å². The third kappa shape index (κ3) is 6.26. The third-order valence-corrected chi connectivity index (χ3v) is 8.53. The lowest BCUT2D eigenvalue weighted by molar-refractivity contribution is -0.137. The fraction of sp³-hybridized carbons (Fsp3) is 0.174. The molecular formula is C23H19F3N4O8S2. The quantitative estimate of drug-likeness (QED) is 0.369. The number of carboxylic acid groups (broad SMARTS) is 1. The molecule has 212 valence electrons. The van der Waals surface area contributed by atoms with Gasteiger partial charge in [-0.3, -0.25) is 14.4 Å². The van der Waals surface area contributed by atoms with Crippen molar-refractivity contribution in [2.75, 3.05) is 16.2 Å². The molecule has 3 N–H and O–H groups in total. The Labute approximate surface area is 225 Å². The standard InChI is InChI=1S/C23H19F3N4O8S2/c24-23(25,26)14-4-3-5-17(10-14)40(36,37)30-13-16(38-19-8-7-15(11-18(19)30)28-22(32)33)12-20(31)29-39(34,35)21-6-1-2-9-27-21/h1-11,16,28H,12-13H2,(H,29,31)(H,32,33). The molecule has 0 saturated carbocycles. The van der Waals surface area contributed by atoms with Gasteiger partial charge in [0.15, 0.2) is 5.03 Å². The van der Waals surface area contributed by atoms with Crippen LogP contribution in [0.3, 0.4) is 0 Å². The number of amides is 2. The molecule has 1 aromatic heterocycles. The molecule has 0 fully saturated rings. The topological polar surface area (TPSA) is 172 Å². The van der Waals surface area contributed by atoms with E-state index in [-0.39, 0.29) is 17.1 Å². The Morgan fingerprint density at radius 2 is 1.80 bits per heavy atom. The Bertz CT molecular complexity index is 1670. The average molecular weight is 601 g/mol. The van der Waals surface area contributed by atoms with Crippen molar-refractivity contribution in [2.24, 2.45) is 0 Å². The molecule has 1 atom stereocenters. The number of nitrogens with zero attached hydrogens (tertiary/aromatic N) is 2. The molecule has 17 heteroatoms. The van der Waals surface area contributed by atoms with Crippen molar-refractivity contribution in [1.29, 1.82) is 0 Å². The number of halogens is 3. The number of hydrogen-bond acceptors (Lipinski definition) is 8. The highest BCUT2D eigenvalue weighted by atomic mass is 32.2. The second kappa shape index (κ2) is 10.6. The van der Waals surface area contributed by atoms with Crippen LogP contribution in [-0.4, -0.2) is 51.6 Å². The molecule has 2 amide bonds. The molecule has 2 heterocycles. The van der Waals surface area contributed by atoms with Gasteiger partial charge in [-0.15, -0.1) is 0 Å². The van der Waals surface area contributed by atoms with Crippen molar-refractivity contribution in [1.82, 2.24) is 9.71 Å². The number of rotatable bonds is 7. The summed E-state index contributed by atoms with van der Waals surface area (Å²) in [4.78, 5) is 26.6. The summed E-state index contributed by atoms with van der Waals surface area (Å²) in [5, 5.41) is 10.6. The summed E-state index contributed by atoms with van der Waals surface area (Å²) >= 11 is 0. The summed E-state index contributed by atoms with van der Waals surface area (Å²) in [6, 6.07) is 10.5. The smallest absolute Gasteiger partial charge is 0.416 e. The first-order valence-electron chi connectivity index (χ1n) is 11.1. The van der Waals surface area contributed by atoms with E-state index < -0.39 is 72.8 Å². The highest BCUT2D eigenvalue weighted by Crippen LogP contribution is 2.40. The molecule has 1 aliphatic heterocycles. The maximum atomic E-state index is 13.6. The van der Waals surface area contributed by atoms with Crippen molar-refractivity contribution in [3.05, 3.63) is 72.4 Å². The Kier molecular flexibility index (Phi) is 7.62. The Morgan fingerprint density at radius 1 is 1.05 bits per heavy atom. The van der Waals surface area contributed by atoms with Gasteiger partial charge in [0, 0.05) is 11.9 Å². The molecule has 0 saturated heterocycles. The minimum absolute atomic E-state index is 0.0725. The van der Waals surface area contributed by atoms with Gasteiger partial charge < -0.3 is 9.84 Å². The number of aromatic nitrogens is 1. The molecular weight excluding hydrogens is 581 g/mol. The largest absolute Gasteiger partial charge is 0.486 e. The van der Waals surface area contributed by atoms with E-state index >= 15 is 0 Å². The first-order chi connectivity index (χ1) is 18.7. The molecule has 0 spiro atoms. The van der Waals surface area contributed by atoms with Crippen LogP contribution in [-0.2, 0) is 31.0 Å². The molecule has 2 aromatic carbocycles. The van der Waals surface area contributed by atoms with E-state index in [0.717, 1.165) is 24.3 Å². The lowest BCUT2D eigenvalue weighted by Gasteiger charge is -2.35. The monoisotopic (exact) mass is 600 g/mol. The first kappa shape index (κ1) is 28.6. The minimum atomic E-state index is -4.84. The van der Waals surface area contributed by atoms with Crippen LogP contribution < -0.4 is 19.1 Å². The molecule has 1 unspecified atom stereocenters. The van der Waals surface area contributed by atoms with Gasteiger partial charge in [-0.25, -0.2) is 22.9 Å². The van der Waals surface area contributed by atoms with Crippen molar-refractivity contribution in [3.8, 4) is 5.75 Å². The van der Waals surface area contributed by atoms with E-state index in [0.29, 0.717) is 16.4 Å². The van der Waals surface area contributed by atoms with Crippen LogP contribution >= 0.6 is 0 Å². The summed E-state index contributed by atoms with van der Waals surface area (Å²) in [6.07, 6.45) is -7.07. The van der Waals surface area contributed by atoms with Crippen molar-refractivity contribution in [3.63, 3.8) is 0 Å². The number of carbonyl (C=O) groups excluding carboxylic acids is 1. The fourth-order valence-electron chi connectivity index (χ4n) is 3.76. The maximum absolute atomic E-state index is 13.6. The summed E-state index contributed by atoms with van der Waals surface area (Å²) in [6.45, 7) is -0.626. The SMILES string of the molecule is O=C(O)Nc1ccc2c(c1)N(S(=O)(=O)c1cccc(C(F)(F)F)c1)CC(CC(=O)NS(=O)(=O)c1ccccn1)O2. The number of anilines is 2.